The summed E-state index contributed by atoms with van der Waals surface area (Å²) in [6.07, 6.45) is 0. The highest BCUT2D eigenvalue weighted by Gasteiger charge is 2.24. The van der Waals surface area contributed by atoms with Crippen LogP contribution in [0, 0.1) is 6.92 Å². The fourth-order valence-electron chi connectivity index (χ4n) is 3.34. The maximum atomic E-state index is 13.3. The number of carbonyl (C=O) groups is 1. The van der Waals surface area contributed by atoms with Crippen molar-refractivity contribution in [2.75, 3.05) is 39.5 Å². The van der Waals surface area contributed by atoms with E-state index in [1.807, 2.05) is 44.2 Å². The summed E-state index contributed by atoms with van der Waals surface area (Å²) in [7, 11) is 0. The summed E-state index contributed by atoms with van der Waals surface area (Å²) in [5.74, 6) is 0.467. The van der Waals surface area contributed by atoms with Crippen LogP contribution in [0.4, 0.5) is 0 Å². The molecule has 3 aromatic rings. The molecule has 0 N–H and O–H groups in total. The van der Waals surface area contributed by atoms with Crippen molar-refractivity contribution in [2.45, 2.75) is 13.8 Å². The molecule has 0 bridgehead atoms. The van der Waals surface area contributed by atoms with E-state index in [9.17, 15) is 4.79 Å². The summed E-state index contributed by atoms with van der Waals surface area (Å²) in [4.78, 5) is 20.1. The van der Waals surface area contributed by atoms with Crippen molar-refractivity contribution in [2.24, 2.45) is 0 Å². The first-order valence-electron chi connectivity index (χ1n) is 9.58. The van der Waals surface area contributed by atoms with Gasteiger partial charge < -0.3 is 9.47 Å². The molecule has 0 amide bonds. The first kappa shape index (κ1) is 18.6. The summed E-state index contributed by atoms with van der Waals surface area (Å²) in [5, 5.41) is 4.51. The van der Waals surface area contributed by atoms with Gasteiger partial charge in [0, 0.05) is 24.7 Å². The summed E-state index contributed by atoms with van der Waals surface area (Å²) >= 11 is 0. The topological polar surface area (TPSA) is 69.0 Å². The SMILES string of the molecule is CCOc1ccc2nc(-c3ccc(C)cc3)c(C(=O)CN3CCOCC3)n2n1. The molecule has 28 heavy (non-hydrogen) atoms. The predicted molar refractivity (Wildman–Crippen MR) is 106 cm³/mol. The molecular weight excluding hydrogens is 356 g/mol. The third-order valence-corrected chi connectivity index (χ3v) is 4.81. The van der Waals surface area contributed by atoms with Gasteiger partial charge in [-0.05, 0) is 19.9 Å². The van der Waals surface area contributed by atoms with Crippen LogP contribution in [0.5, 0.6) is 5.88 Å². The second-order valence-corrected chi connectivity index (χ2v) is 6.86. The third-order valence-electron chi connectivity index (χ3n) is 4.81. The molecule has 7 heteroatoms. The maximum absolute atomic E-state index is 13.3. The van der Waals surface area contributed by atoms with Gasteiger partial charge in [-0.25, -0.2) is 9.50 Å². The summed E-state index contributed by atoms with van der Waals surface area (Å²) < 4.78 is 12.5. The largest absolute Gasteiger partial charge is 0.477 e. The molecule has 1 aromatic carbocycles. The van der Waals surface area contributed by atoms with Crippen LogP contribution in [0.1, 0.15) is 23.0 Å². The van der Waals surface area contributed by atoms with Crippen molar-refractivity contribution < 1.29 is 14.3 Å². The smallest absolute Gasteiger partial charge is 0.231 e. The Morgan fingerprint density at radius 1 is 1.14 bits per heavy atom. The van der Waals surface area contributed by atoms with Crippen molar-refractivity contribution in [3.63, 3.8) is 0 Å². The number of benzene rings is 1. The number of fused-ring (bicyclic) bond motifs is 1. The van der Waals surface area contributed by atoms with Crippen LogP contribution in [0.25, 0.3) is 16.9 Å². The molecule has 3 heterocycles. The van der Waals surface area contributed by atoms with E-state index >= 15 is 0 Å². The number of nitrogens with zero attached hydrogens (tertiary/aromatic N) is 4. The molecule has 2 aromatic heterocycles. The van der Waals surface area contributed by atoms with E-state index < -0.39 is 0 Å². The molecule has 1 aliphatic heterocycles. The minimum Gasteiger partial charge on any atom is -0.477 e. The number of ether oxygens (including phenoxy) is 2. The lowest BCUT2D eigenvalue weighted by molar-refractivity contribution is 0.0369. The molecule has 146 valence electrons. The summed E-state index contributed by atoms with van der Waals surface area (Å²) in [6.45, 7) is 7.57. The molecule has 4 rings (SSSR count). The first-order valence-corrected chi connectivity index (χ1v) is 9.58. The van der Waals surface area contributed by atoms with E-state index in [0.717, 1.165) is 24.2 Å². The number of carbonyl (C=O) groups excluding carboxylic acids is 1. The van der Waals surface area contributed by atoms with Crippen LogP contribution in [-0.2, 0) is 4.74 Å². The Morgan fingerprint density at radius 2 is 1.89 bits per heavy atom. The van der Waals surface area contributed by atoms with Gasteiger partial charge in [0.15, 0.2) is 11.4 Å². The van der Waals surface area contributed by atoms with Crippen molar-refractivity contribution >= 4 is 11.4 Å². The first-order chi connectivity index (χ1) is 13.7. The van der Waals surface area contributed by atoms with Gasteiger partial charge >= 0.3 is 0 Å². The van der Waals surface area contributed by atoms with E-state index in [2.05, 4.69) is 10.00 Å². The van der Waals surface area contributed by atoms with Gasteiger partial charge in [0.1, 0.15) is 11.4 Å². The summed E-state index contributed by atoms with van der Waals surface area (Å²) in [6, 6.07) is 11.6. The average Bonchev–Trinajstić information content (AvgIpc) is 3.08. The minimum atomic E-state index is -0.00822. The van der Waals surface area contributed by atoms with Crippen molar-refractivity contribution in [3.05, 3.63) is 47.7 Å². The highest BCUT2D eigenvalue weighted by atomic mass is 16.5. The lowest BCUT2D eigenvalue weighted by Crippen LogP contribution is -2.39. The quantitative estimate of drug-likeness (QED) is 0.613. The Morgan fingerprint density at radius 3 is 2.61 bits per heavy atom. The van der Waals surface area contributed by atoms with Crippen molar-refractivity contribution in [1.29, 1.82) is 0 Å². The highest BCUT2D eigenvalue weighted by Crippen LogP contribution is 2.26. The van der Waals surface area contributed by atoms with Gasteiger partial charge in [-0.15, -0.1) is 5.10 Å². The van der Waals surface area contributed by atoms with Gasteiger partial charge in [0.05, 0.1) is 26.4 Å². The fourth-order valence-corrected chi connectivity index (χ4v) is 3.34. The molecule has 0 aliphatic carbocycles. The number of aromatic nitrogens is 3. The molecule has 7 nitrogen and oxygen atoms in total. The zero-order chi connectivity index (χ0) is 19.5. The van der Waals surface area contributed by atoms with Crippen molar-refractivity contribution in [1.82, 2.24) is 19.5 Å². The zero-order valence-electron chi connectivity index (χ0n) is 16.2. The molecule has 0 spiro atoms. The number of hydrogen-bond donors (Lipinski definition) is 0. The average molecular weight is 380 g/mol. The van der Waals surface area contributed by atoms with Crippen LogP contribution < -0.4 is 4.74 Å². The van der Waals surface area contributed by atoms with E-state index in [1.54, 1.807) is 10.6 Å². The van der Waals surface area contributed by atoms with Gasteiger partial charge in [-0.3, -0.25) is 9.69 Å². The van der Waals surface area contributed by atoms with Gasteiger partial charge in [0.25, 0.3) is 0 Å². The normalized spacial score (nSPS) is 15.1. The highest BCUT2D eigenvalue weighted by molar-refractivity contribution is 6.02. The van der Waals surface area contributed by atoms with Crippen molar-refractivity contribution in [3.8, 4) is 17.1 Å². The standard InChI is InChI=1S/C21H24N4O3/c1-3-28-19-9-8-18-22-20(16-6-4-15(2)5-7-16)21(25(18)23-19)17(26)14-24-10-12-27-13-11-24/h4-9H,3,10-14H2,1-2H3. The van der Waals surface area contributed by atoms with Gasteiger partial charge in [-0.1, -0.05) is 29.8 Å². The zero-order valence-corrected chi connectivity index (χ0v) is 16.2. The third kappa shape index (κ3) is 3.76. The second-order valence-electron chi connectivity index (χ2n) is 6.86. The number of imidazole rings is 1. The molecule has 0 saturated carbocycles. The number of rotatable bonds is 6. The Labute approximate surface area is 163 Å². The molecule has 0 unspecified atom stereocenters. The Hall–Kier alpha value is -2.77. The maximum Gasteiger partial charge on any atom is 0.231 e. The molecule has 0 radical (unpaired) electrons. The predicted octanol–water partition coefficient (Wildman–Crippen LogP) is 2.62. The molecular formula is C21H24N4O3. The van der Waals surface area contributed by atoms with Crippen LogP contribution in [-0.4, -0.2) is 64.7 Å². The lowest BCUT2D eigenvalue weighted by atomic mass is 10.1. The molecule has 0 atom stereocenters. The van der Waals surface area contributed by atoms with E-state index in [1.165, 1.54) is 0 Å². The minimum absolute atomic E-state index is 0.00822. The fraction of sp³-hybridized carbons (Fsp3) is 0.381. The number of hydrogen-bond acceptors (Lipinski definition) is 6. The van der Waals surface area contributed by atoms with E-state index in [4.69, 9.17) is 14.5 Å². The van der Waals surface area contributed by atoms with Gasteiger partial charge in [0.2, 0.25) is 5.88 Å². The number of Topliss-reactive ketones (excluding diaryl/α,β-unsaturated/α-hetero) is 1. The van der Waals surface area contributed by atoms with E-state index in [-0.39, 0.29) is 5.78 Å². The van der Waals surface area contributed by atoms with Crippen LogP contribution in [0.3, 0.4) is 0 Å². The Bertz CT molecular complexity index is 975. The molecule has 1 saturated heterocycles. The Kier molecular flexibility index (Phi) is 5.36. The van der Waals surface area contributed by atoms with Crippen LogP contribution >= 0.6 is 0 Å². The molecule has 1 fully saturated rings. The monoisotopic (exact) mass is 380 g/mol. The Balaban J connectivity index is 1.79. The second kappa shape index (κ2) is 8.08. The van der Waals surface area contributed by atoms with Gasteiger partial charge in [-0.2, -0.15) is 0 Å². The van der Waals surface area contributed by atoms with E-state index in [0.29, 0.717) is 49.3 Å². The number of morpholine rings is 1. The number of aryl methyl sites for hydroxylation is 1. The lowest BCUT2D eigenvalue weighted by Gasteiger charge is -2.25. The number of ketones is 1. The summed E-state index contributed by atoms with van der Waals surface area (Å²) in [5.41, 5.74) is 3.83. The van der Waals surface area contributed by atoms with Crippen LogP contribution in [0.2, 0.25) is 0 Å². The molecule has 1 aliphatic rings. The van der Waals surface area contributed by atoms with Crippen LogP contribution in [0.15, 0.2) is 36.4 Å².